The molecule has 0 saturated carbocycles. The summed E-state index contributed by atoms with van der Waals surface area (Å²) in [6.45, 7) is 6.21. The molecule has 1 N–H and O–H groups in total. The Morgan fingerprint density at radius 3 is 2.53 bits per heavy atom. The van der Waals surface area contributed by atoms with Gasteiger partial charge in [0.05, 0.1) is 31.3 Å². The summed E-state index contributed by atoms with van der Waals surface area (Å²) in [5, 5.41) is 14.3. The summed E-state index contributed by atoms with van der Waals surface area (Å²) in [6.07, 6.45) is 0.217. The van der Waals surface area contributed by atoms with Crippen molar-refractivity contribution in [2.75, 3.05) is 20.2 Å². The number of benzene rings is 2. The van der Waals surface area contributed by atoms with Crippen LogP contribution in [0.5, 0.6) is 5.75 Å². The number of fused-ring (bicyclic) bond motifs is 3. The molecule has 0 spiro atoms. The van der Waals surface area contributed by atoms with E-state index in [1.807, 2.05) is 45.0 Å². The Bertz CT molecular complexity index is 1170. The van der Waals surface area contributed by atoms with Crippen LogP contribution < -0.4 is 4.74 Å². The Morgan fingerprint density at radius 2 is 1.84 bits per heavy atom. The van der Waals surface area contributed by atoms with Crippen LogP contribution in [0.25, 0.3) is 21.8 Å². The summed E-state index contributed by atoms with van der Waals surface area (Å²) in [7, 11) is 1.61. The molecule has 1 amide bonds. The van der Waals surface area contributed by atoms with Crippen molar-refractivity contribution in [2.45, 2.75) is 51.4 Å². The molecule has 2 aromatic carbocycles. The van der Waals surface area contributed by atoms with Crippen LogP contribution in [0.15, 0.2) is 30.3 Å². The molecule has 1 aliphatic heterocycles. The number of carbonyl (C=O) groups excluding carboxylic acids is 1. The maximum atomic E-state index is 12.6. The lowest BCUT2D eigenvalue weighted by molar-refractivity contribution is 0.0142. The van der Waals surface area contributed by atoms with Gasteiger partial charge in [-0.3, -0.25) is 0 Å². The van der Waals surface area contributed by atoms with E-state index < -0.39 is 17.8 Å². The molecule has 6 nitrogen and oxygen atoms in total. The number of amides is 1. The third-order valence-corrected chi connectivity index (χ3v) is 6.23. The molecule has 172 valence electrons. The molecule has 4 rings (SSSR count). The van der Waals surface area contributed by atoms with Crippen LogP contribution in [0.1, 0.15) is 39.7 Å². The molecule has 0 bridgehead atoms. The molecule has 0 radical (unpaired) electrons. The van der Waals surface area contributed by atoms with Gasteiger partial charge in [0, 0.05) is 38.9 Å². The van der Waals surface area contributed by atoms with Crippen LogP contribution in [0.4, 0.5) is 4.79 Å². The van der Waals surface area contributed by atoms with Gasteiger partial charge in [-0.15, -0.1) is 0 Å². The molecule has 32 heavy (non-hydrogen) atoms. The third-order valence-electron chi connectivity index (χ3n) is 5.77. The van der Waals surface area contributed by atoms with Crippen molar-refractivity contribution >= 4 is 51.1 Å². The van der Waals surface area contributed by atoms with Gasteiger partial charge in [-0.1, -0.05) is 23.2 Å². The number of carbonyl (C=O) groups is 1. The van der Waals surface area contributed by atoms with Gasteiger partial charge in [-0.2, -0.15) is 0 Å². The Hall–Kier alpha value is -2.15. The van der Waals surface area contributed by atoms with Gasteiger partial charge in [0.15, 0.2) is 0 Å². The number of aromatic nitrogens is 1. The van der Waals surface area contributed by atoms with E-state index in [0.29, 0.717) is 28.8 Å². The summed E-state index contributed by atoms with van der Waals surface area (Å²) in [6, 6.07) is 9.10. The van der Waals surface area contributed by atoms with Gasteiger partial charge in [0.1, 0.15) is 11.4 Å². The van der Waals surface area contributed by atoms with Crippen molar-refractivity contribution in [1.29, 1.82) is 0 Å². The normalized spacial score (nSPS) is 19.9. The molecule has 2 atom stereocenters. The second-order valence-electron chi connectivity index (χ2n) is 9.24. The van der Waals surface area contributed by atoms with Gasteiger partial charge in [0.2, 0.25) is 0 Å². The first-order valence-electron chi connectivity index (χ1n) is 10.7. The summed E-state index contributed by atoms with van der Waals surface area (Å²) < 4.78 is 13.3. The number of β-amino-alcohol motifs (C(OH)–C–C–N with tert-alkyl or cyclic N) is 1. The lowest BCUT2D eigenvalue weighted by atomic mass is 10.1. The molecular formula is C24H28Cl2N2O4. The molecule has 1 aromatic heterocycles. The van der Waals surface area contributed by atoms with E-state index in [1.54, 1.807) is 18.1 Å². The van der Waals surface area contributed by atoms with Crippen molar-refractivity contribution in [2.24, 2.45) is 0 Å². The number of ether oxygens (including phenoxy) is 2. The highest BCUT2D eigenvalue weighted by molar-refractivity contribution is 6.33. The van der Waals surface area contributed by atoms with Gasteiger partial charge in [0.25, 0.3) is 0 Å². The Kier molecular flexibility index (Phi) is 6.23. The quantitative estimate of drug-likeness (QED) is 0.487. The fourth-order valence-corrected chi connectivity index (χ4v) is 4.88. The molecule has 3 aromatic rings. The fraction of sp³-hybridized carbons (Fsp3) is 0.458. The molecule has 8 heteroatoms. The lowest BCUT2D eigenvalue weighted by Gasteiger charge is -2.29. The van der Waals surface area contributed by atoms with Crippen molar-refractivity contribution < 1.29 is 19.4 Å². The molecule has 0 unspecified atom stereocenters. The number of hydrogen-bond acceptors (Lipinski definition) is 4. The number of nitrogens with zero attached hydrogens (tertiary/aromatic N) is 2. The Morgan fingerprint density at radius 1 is 1.12 bits per heavy atom. The van der Waals surface area contributed by atoms with Crippen LogP contribution in [0.2, 0.25) is 10.0 Å². The third kappa shape index (κ3) is 4.36. The van der Waals surface area contributed by atoms with Crippen LogP contribution in [0, 0.1) is 0 Å². The summed E-state index contributed by atoms with van der Waals surface area (Å²) in [4.78, 5) is 14.2. The number of aliphatic hydroxyl groups excluding tert-OH is 1. The minimum atomic E-state index is -0.792. The largest absolute Gasteiger partial charge is 0.494 e. The molecule has 0 aliphatic carbocycles. The topological polar surface area (TPSA) is 63.9 Å². The summed E-state index contributed by atoms with van der Waals surface area (Å²) in [5.41, 5.74) is 1.19. The van der Waals surface area contributed by atoms with E-state index in [9.17, 15) is 9.90 Å². The minimum absolute atomic E-state index is 0.185. The van der Waals surface area contributed by atoms with Gasteiger partial charge in [-0.05, 0) is 57.9 Å². The maximum absolute atomic E-state index is 12.6. The number of likely N-dealkylation sites (tertiary alicyclic amines) is 1. The van der Waals surface area contributed by atoms with E-state index in [1.165, 1.54) is 0 Å². The van der Waals surface area contributed by atoms with Crippen molar-refractivity contribution in [3.63, 3.8) is 0 Å². The van der Waals surface area contributed by atoms with E-state index in [4.69, 9.17) is 32.7 Å². The summed E-state index contributed by atoms with van der Waals surface area (Å²) >= 11 is 12.7. The lowest BCUT2D eigenvalue weighted by Crippen LogP contribution is -2.41. The fourth-order valence-electron chi connectivity index (χ4n) is 4.50. The van der Waals surface area contributed by atoms with Gasteiger partial charge >= 0.3 is 6.09 Å². The van der Waals surface area contributed by atoms with E-state index in [2.05, 4.69) is 4.57 Å². The average Bonchev–Trinajstić information content (AvgIpc) is 2.87. The van der Waals surface area contributed by atoms with Crippen molar-refractivity contribution in [1.82, 2.24) is 9.47 Å². The van der Waals surface area contributed by atoms with Gasteiger partial charge in [-0.25, -0.2) is 4.79 Å². The van der Waals surface area contributed by atoms with Crippen molar-refractivity contribution in [3.8, 4) is 5.75 Å². The SMILES string of the molecule is COc1cc(Cl)cc2c3cc(Cl)ccc3n([C@@H]3CCCN(C(=O)OC(C)(C)C)C[C@H]3O)c12. The average molecular weight is 479 g/mol. The number of halogens is 2. The second kappa shape index (κ2) is 8.65. The predicted molar refractivity (Wildman–Crippen MR) is 128 cm³/mol. The molecule has 1 aliphatic rings. The Labute approximate surface area is 197 Å². The van der Waals surface area contributed by atoms with Crippen LogP contribution >= 0.6 is 23.2 Å². The van der Waals surface area contributed by atoms with E-state index >= 15 is 0 Å². The minimum Gasteiger partial charge on any atom is -0.494 e. The first-order chi connectivity index (χ1) is 15.1. The van der Waals surface area contributed by atoms with Crippen LogP contribution in [-0.2, 0) is 4.74 Å². The van der Waals surface area contributed by atoms with E-state index in [-0.39, 0.29) is 12.6 Å². The predicted octanol–water partition coefficient (Wildman–Crippen LogP) is 6.04. The second-order valence-corrected chi connectivity index (χ2v) is 10.1. The number of methoxy groups -OCH3 is 1. The monoisotopic (exact) mass is 478 g/mol. The Balaban J connectivity index is 1.81. The molecule has 1 fully saturated rings. The standard InChI is InChI=1S/C24H28Cl2N2O4/c1-24(2,3)32-23(30)27-9-5-6-19(20(29)13-27)28-18-8-7-14(25)10-16(18)17-11-15(26)12-21(31-4)22(17)28/h7-8,10-12,19-20,29H,5-6,9,13H2,1-4H3/t19-,20-/m1/s1. The van der Waals surface area contributed by atoms with E-state index in [0.717, 1.165) is 28.2 Å². The summed E-state index contributed by atoms with van der Waals surface area (Å²) in [5.74, 6) is 0.625. The van der Waals surface area contributed by atoms with Gasteiger partial charge < -0.3 is 24.0 Å². The van der Waals surface area contributed by atoms with Crippen LogP contribution in [0.3, 0.4) is 0 Å². The number of rotatable bonds is 2. The number of aliphatic hydroxyl groups is 1. The van der Waals surface area contributed by atoms with Crippen molar-refractivity contribution in [3.05, 3.63) is 40.4 Å². The smallest absolute Gasteiger partial charge is 0.410 e. The first kappa shape index (κ1) is 23.0. The highest BCUT2D eigenvalue weighted by atomic mass is 35.5. The zero-order valence-corrected chi connectivity index (χ0v) is 20.2. The molecular weight excluding hydrogens is 451 g/mol. The maximum Gasteiger partial charge on any atom is 0.410 e. The zero-order chi connectivity index (χ0) is 23.2. The van der Waals surface area contributed by atoms with Crippen LogP contribution in [-0.4, -0.2) is 52.6 Å². The molecule has 2 heterocycles. The highest BCUT2D eigenvalue weighted by Gasteiger charge is 2.33. The highest BCUT2D eigenvalue weighted by Crippen LogP contribution is 2.42. The zero-order valence-electron chi connectivity index (χ0n) is 18.7. The number of hydrogen-bond donors (Lipinski definition) is 1. The molecule has 1 saturated heterocycles. The first-order valence-corrected chi connectivity index (χ1v) is 11.5.